The predicted molar refractivity (Wildman–Crippen MR) is 121 cm³/mol. The minimum absolute atomic E-state index is 0.669. The van der Waals surface area contributed by atoms with Crippen LogP contribution >= 0.6 is 0 Å². The molecule has 6 nitrogen and oxygen atoms in total. The van der Waals surface area contributed by atoms with Crippen molar-refractivity contribution >= 4 is 22.7 Å². The third-order valence-corrected chi connectivity index (χ3v) is 4.97. The van der Waals surface area contributed by atoms with Crippen LogP contribution in [-0.4, -0.2) is 28.8 Å². The lowest BCUT2D eigenvalue weighted by atomic mass is 10.0. The van der Waals surface area contributed by atoms with E-state index < -0.39 is 0 Å². The smallest absolute Gasteiger partial charge is 0.165 e. The summed E-state index contributed by atoms with van der Waals surface area (Å²) in [5.41, 5.74) is 6.75. The number of anilines is 2. The van der Waals surface area contributed by atoms with Gasteiger partial charge in [-0.15, -0.1) is 0 Å². The zero-order valence-electron chi connectivity index (χ0n) is 17.6. The lowest BCUT2D eigenvalue weighted by Gasteiger charge is -2.14. The Labute approximate surface area is 175 Å². The van der Waals surface area contributed by atoms with Gasteiger partial charge in [-0.05, 0) is 48.7 Å². The average molecular weight is 400 g/mol. The van der Waals surface area contributed by atoms with Crippen LogP contribution in [0.5, 0.6) is 11.5 Å². The van der Waals surface area contributed by atoms with E-state index in [1.54, 1.807) is 18.7 Å². The normalized spacial score (nSPS) is 10.8. The molecule has 4 aromatic rings. The summed E-state index contributed by atoms with van der Waals surface area (Å²) >= 11 is 0. The van der Waals surface area contributed by atoms with E-state index in [9.17, 15) is 0 Å². The minimum atomic E-state index is 0.669. The highest BCUT2D eigenvalue weighted by molar-refractivity contribution is 5.80. The van der Waals surface area contributed by atoms with Crippen LogP contribution in [0.25, 0.3) is 22.3 Å². The topological polar surface area (TPSA) is 60.7 Å². The number of aryl methyl sites for hydroxylation is 1. The summed E-state index contributed by atoms with van der Waals surface area (Å²) in [6.07, 6.45) is 3.73. The van der Waals surface area contributed by atoms with Crippen molar-refractivity contribution in [2.75, 3.05) is 19.5 Å². The van der Waals surface area contributed by atoms with Crippen LogP contribution in [0.2, 0.25) is 0 Å². The molecule has 0 saturated carbocycles. The average Bonchev–Trinajstić information content (AvgIpc) is 3.16. The third-order valence-electron chi connectivity index (χ3n) is 4.97. The second-order valence-corrected chi connectivity index (χ2v) is 7.15. The summed E-state index contributed by atoms with van der Waals surface area (Å²) in [6, 6.07) is 14.0. The quantitative estimate of drug-likeness (QED) is 0.463. The Hall–Kier alpha value is -3.80. The van der Waals surface area contributed by atoms with Gasteiger partial charge in [0, 0.05) is 23.5 Å². The van der Waals surface area contributed by atoms with Gasteiger partial charge in [0.25, 0.3) is 0 Å². The van der Waals surface area contributed by atoms with E-state index in [0.29, 0.717) is 11.6 Å². The fourth-order valence-corrected chi connectivity index (χ4v) is 3.47. The molecule has 2 heterocycles. The Kier molecular flexibility index (Phi) is 5.14. The number of fused-ring (bicyclic) bond motifs is 1. The fraction of sp³-hybridized carbons (Fsp3) is 0.167. The molecule has 0 spiro atoms. The molecule has 6 heteroatoms. The third kappa shape index (κ3) is 3.59. The molecule has 0 saturated heterocycles. The Morgan fingerprint density at radius 1 is 1.10 bits per heavy atom. The highest BCUT2D eigenvalue weighted by Gasteiger charge is 2.12. The van der Waals surface area contributed by atoms with Gasteiger partial charge in [-0.1, -0.05) is 30.4 Å². The number of ether oxygens (including phenoxy) is 2. The van der Waals surface area contributed by atoms with E-state index in [2.05, 4.69) is 35.2 Å². The van der Waals surface area contributed by atoms with Gasteiger partial charge in [-0.3, -0.25) is 0 Å². The molecule has 4 rings (SSSR count). The highest BCUT2D eigenvalue weighted by Crippen LogP contribution is 2.35. The second-order valence-electron chi connectivity index (χ2n) is 7.15. The van der Waals surface area contributed by atoms with Crippen LogP contribution in [0.15, 0.2) is 61.4 Å². The van der Waals surface area contributed by atoms with E-state index in [1.165, 1.54) is 0 Å². The Morgan fingerprint density at radius 2 is 1.93 bits per heavy atom. The lowest BCUT2D eigenvalue weighted by molar-refractivity contribution is 0.353. The van der Waals surface area contributed by atoms with Crippen molar-refractivity contribution in [1.29, 1.82) is 0 Å². The lowest BCUT2D eigenvalue weighted by Crippen LogP contribution is -1.99. The number of hydrogen-bond donors (Lipinski definition) is 1. The Bertz CT molecular complexity index is 1240. The molecule has 0 bridgehead atoms. The van der Waals surface area contributed by atoms with Crippen molar-refractivity contribution in [2.24, 2.45) is 0 Å². The van der Waals surface area contributed by atoms with Crippen molar-refractivity contribution in [3.63, 3.8) is 0 Å². The summed E-state index contributed by atoms with van der Waals surface area (Å²) in [6.45, 7) is 8.02. The summed E-state index contributed by atoms with van der Waals surface area (Å²) < 4.78 is 12.7. The van der Waals surface area contributed by atoms with Gasteiger partial charge in [0.1, 0.15) is 5.82 Å². The first-order chi connectivity index (χ1) is 14.5. The van der Waals surface area contributed by atoms with Gasteiger partial charge in [0.2, 0.25) is 0 Å². The zero-order chi connectivity index (χ0) is 21.3. The molecule has 2 aromatic heterocycles. The predicted octanol–water partition coefficient (Wildman–Crippen LogP) is 5.50. The van der Waals surface area contributed by atoms with Crippen molar-refractivity contribution in [2.45, 2.75) is 13.8 Å². The molecule has 2 aromatic carbocycles. The van der Waals surface area contributed by atoms with Crippen LogP contribution in [0, 0.1) is 6.92 Å². The summed E-state index contributed by atoms with van der Waals surface area (Å²) in [4.78, 5) is 4.80. The first-order valence-corrected chi connectivity index (χ1v) is 9.60. The number of rotatable bonds is 6. The second kappa shape index (κ2) is 7.91. The molecule has 152 valence electrons. The number of benzene rings is 2. The van der Waals surface area contributed by atoms with Crippen LogP contribution < -0.4 is 14.8 Å². The van der Waals surface area contributed by atoms with E-state index in [1.807, 2.05) is 50.5 Å². The van der Waals surface area contributed by atoms with Crippen molar-refractivity contribution < 1.29 is 9.47 Å². The maximum Gasteiger partial charge on any atom is 0.165 e. The van der Waals surface area contributed by atoms with Crippen molar-refractivity contribution in [3.8, 4) is 22.6 Å². The number of nitrogens with one attached hydrogen (secondary N) is 1. The van der Waals surface area contributed by atoms with Crippen molar-refractivity contribution in [1.82, 2.24) is 14.6 Å². The van der Waals surface area contributed by atoms with Crippen molar-refractivity contribution in [3.05, 3.63) is 72.6 Å². The molecule has 1 N–H and O–H groups in total. The Morgan fingerprint density at radius 3 is 2.67 bits per heavy atom. The van der Waals surface area contributed by atoms with E-state index in [4.69, 9.17) is 14.5 Å². The number of methoxy groups -OCH3 is 2. The molecule has 30 heavy (non-hydrogen) atoms. The van der Waals surface area contributed by atoms with Gasteiger partial charge >= 0.3 is 0 Å². The Balaban J connectivity index is 1.73. The first kappa shape index (κ1) is 19.5. The van der Waals surface area contributed by atoms with Gasteiger partial charge in [-0.2, -0.15) is 5.10 Å². The molecule has 0 atom stereocenters. The van der Waals surface area contributed by atoms with Crippen LogP contribution in [0.1, 0.15) is 18.1 Å². The summed E-state index contributed by atoms with van der Waals surface area (Å²) in [5.74, 6) is 2.11. The minimum Gasteiger partial charge on any atom is -0.493 e. The highest BCUT2D eigenvalue weighted by atomic mass is 16.5. The standard InChI is InChI=1S/C24H24N4O2/c1-15(2)17-7-6-8-18(12-17)20-14-25-28-10-9-22(27-24(20)28)26-19-11-16(3)23(30-5)21(13-19)29-4/h6-14H,1H2,2-5H3,(H,26,27). The SMILES string of the molecule is C=C(C)c1cccc(-c2cnn3ccc(Nc4cc(C)c(OC)c(OC)c4)nc23)c1. The largest absolute Gasteiger partial charge is 0.493 e. The molecule has 0 unspecified atom stereocenters. The molecule has 0 radical (unpaired) electrons. The van der Waals surface area contributed by atoms with E-state index in [0.717, 1.165) is 44.9 Å². The molecule has 0 amide bonds. The fourth-order valence-electron chi connectivity index (χ4n) is 3.47. The number of nitrogens with zero attached hydrogens (tertiary/aromatic N) is 3. The van der Waals surface area contributed by atoms with Crippen LogP contribution in [0.3, 0.4) is 0 Å². The van der Waals surface area contributed by atoms with Gasteiger partial charge in [-0.25, -0.2) is 9.50 Å². The number of aromatic nitrogens is 3. The number of hydrogen-bond acceptors (Lipinski definition) is 5. The summed E-state index contributed by atoms with van der Waals surface area (Å²) in [7, 11) is 3.26. The molecule has 0 aliphatic carbocycles. The monoisotopic (exact) mass is 400 g/mol. The maximum atomic E-state index is 5.45. The maximum absolute atomic E-state index is 5.45. The van der Waals surface area contributed by atoms with Gasteiger partial charge in [0.05, 0.1) is 20.4 Å². The first-order valence-electron chi connectivity index (χ1n) is 9.60. The van der Waals surface area contributed by atoms with Crippen LogP contribution in [0.4, 0.5) is 11.5 Å². The molecule has 0 fully saturated rings. The number of allylic oxidation sites excluding steroid dienone is 1. The molecule has 0 aliphatic heterocycles. The molecular weight excluding hydrogens is 376 g/mol. The van der Waals surface area contributed by atoms with Gasteiger partial charge in [0.15, 0.2) is 17.1 Å². The van der Waals surface area contributed by atoms with Gasteiger partial charge < -0.3 is 14.8 Å². The zero-order valence-corrected chi connectivity index (χ0v) is 17.6. The molecule has 0 aliphatic rings. The summed E-state index contributed by atoms with van der Waals surface area (Å²) in [5, 5.41) is 7.81. The van der Waals surface area contributed by atoms with E-state index >= 15 is 0 Å². The van der Waals surface area contributed by atoms with Crippen LogP contribution in [-0.2, 0) is 0 Å². The molecular formula is C24H24N4O2. The van der Waals surface area contributed by atoms with E-state index in [-0.39, 0.29) is 0 Å².